The van der Waals surface area contributed by atoms with E-state index in [0.29, 0.717) is 24.3 Å². The van der Waals surface area contributed by atoms with Crippen LogP contribution in [-0.2, 0) is 5.41 Å². The first-order chi connectivity index (χ1) is 8.13. The van der Waals surface area contributed by atoms with Crippen LogP contribution in [0.4, 0.5) is 8.78 Å². The van der Waals surface area contributed by atoms with E-state index in [1.807, 2.05) is 0 Å². The number of rotatable bonds is 4. The lowest BCUT2D eigenvalue weighted by Gasteiger charge is -2.43. The van der Waals surface area contributed by atoms with E-state index >= 15 is 0 Å². The van der Waals surface area contributed by atoms with Gasteiger partial charge in [0.25, 0.3) is 0 Å². The van der Waals surface area contributed by atoms with Gasteiger partial charge in [0, 0.05) is 23.1 Å². The predicted octanol–water partition coefficient (Wildman–Crippen LogP) is 2.74. The van der Waals surface area contributed by atoms with Gasteiger partial charge in [-0.1, -0.05) is 6.42 Å². The van der Waals surface area contributed by atoms with Gasteiger partial charge in [-0.2, -0.15) is 0 Å². The molecule has 2 nitrogen and oxygen atoms in total. The Morgan fingerprint density at radius 3 is 2.53 bits per heavy atom. The molecule has 0 radical (unpaired) electrons. The molecule has 0 spiro atoms. The second kappa shape index (κ2) is 4.61. The normalized spacial score (nSPS) is 17.6. The summed E-state index contributed by atoms with van der Waals surface area (Å²) < 4.78 is 32.2. The molecular formula is C13H17F2NO. The van der Waals surface area contributed by atoms with Crippen LogP contribution in [0.5, 0.6) is 5.75 Å². The van der Waals surface area contributed by atoms with E-state index in [-0.39, 0.29) is 5.41 Å². The average molecular weight is 241 g/mol. The topological polar surface area (TPSA) is 35.2 Å². The molecule has 1 aliphatic rings. The lowest BCUT2D eigenvalue weighted by molar-refractivity contribution is 0.213. The number of hydrogen-bond acceptors (Lipinski definition) is 2. The lowest BCUT2D eigenvalue weighted by atomic mass is 9.62. The smallest absolute Gasteiger partial charge is 0.133 e. The van der Waals surface area contributed by atoms with Crippen molar-refractivity contribution in [3.05, 3.63) is 29.3 Å². The van der Waals surface area contributed by atoms with Crippen molar-refractivity contribution in [2.75, 3.05) is 13.7 Å². The lowest BCUT2D eigenvalue weighted by Crippen LogP contribution is -2.37. The Morgan fingerprint density at radius 2 is 2.06 bits per heavy atom. The van der Waals surface area contributed by atoms with Crippen molar-refractivity contribution in [2.45, 2.75) is 31.1 Å². The molecule has 94 valence electrons. The summed E-state index contributed by atoms with van der Waals surface area (Å²) in [5.74, 6) is -0.823. The highest BCUT2D eigenvalue weighted by atomic mass is 19.1. The van der Waals surface area contributed by atoms with Crippen LogP contribution in [0.1, 0.15) is 31.2 Å². The molecule has 2 rings (SSSR count). The van der Waals surface area contributed by atoms with E-state index in [4.69, 9.17) is 10.5 Å². The molecule has 0 unspecified atom stereocenters. The van der Waals surface area contributed by atoms with E-state index in [0.717, 1.165) is 25.3 Å². The molecule has 0 heterocycles. The Kier molecular flexibility index (Phi) is 3.33. The zero-order valence-corrected chi connectivity index (χ0v) is 9.93. The largest absolute Gasteiger partial charge is 0.496 e. The van der Waals surface area contributed by atoms with Gasteiger partial charge >= 0.3 is 0 Å². The molecule has 0 atom stereocenters. The highest BCUT2D eigenvalue weighted by Crippen LogP contribution is 2.50. The first-order valence-electron chi connectivity index (χ1n) is 5.86. The minimum Gasteiger partial charge on any atom is -0.496 e. The first-order valence-corrected chi connectivity index (χ1v) is 5.86. The number of methoxy groups -OCH3 is 1. The number of ether oxygens (including phenoxy) is 1. The molecule has 4 heteroatoms. The second-order valence-electron chi connectivity index (χ2n) is 4.64. The maximum absolute atomic E-state index is 14.0. The fourth-order valence-electron chi connectivity index (χ4n) is 2.73. The van der Waals surface area contributed by atoms with Crippen molar-refractivity contribution in [1.82, 2.24) is 0 Å². The molecule has 1 aliphatic carbocycles. The van der Waals surface area contributed by atoms with E-state index in [1.165, 1.54) is 13.2 Å². The zero-order valence-electron chi connectivity index (χ0n) is 9.93. The summed E-state index contributed by atoms with van der Waals surface area (Å²) >= 11 is 0. The Bertz CT molecular complexity index is 416. The van der Waals surface area contributed by atoms with Crippen LogP contribution >= 0.6 is 0 Å². The van der Waals surface area contributed by atoms with Crippen molar-refractivity contribution in [3.63, 3.8) is 0 Å². The summed E-state index contributed by atoms with van der Waals surface area (Å²) in [6.45, 7) is 0.500. The predicted molar refractivity (Wildman–Crippen MR) is 62.1 cm³/mol. The third-order valence-electron chi connectivity index (χ3n) is 3.70. The monoisotopic (exact) mass is 241 g/mol. The van der Waals surface area contributed by atoms with Crippen molar-refractivity contribution >= 4 is 0 Å². The van der Waals surface area contributed by atoms with Crippen molar-refractivity contribution in [1.29, 1.82) is 0 Å². The standard InChI is InChI=1S/C13H17F2NO/c1-17-11-8-9(14)7-10(15)12(11)13(5-6-16)3-2-4-13/h7-8H,2-6,16H2,1H3. The van der Waals surface area contributed by atoms with Gasteiger partial charge in [-0.25, -0.2) is 8.78 Å². The summed E-state index contributed by atoms with van der Waals surface area (Å²) in [4.78, 5) is 0. The Morgan fingerprint density at radius 1 is 1.35 bits per heavy atom. The Labute approximate surface area is 99.8 Å². The first kappa shape index (κ1) is 12.3. The maximum Gasteiger partial charge on any atom is 0.133 e. The molecule has 0 aliphatic heterocycles. The maximum atomic E-state index is 14.0. The van der Waals surface area contributed by atoms with Gasteiger partial charge in [-0.15, -0.1) is 0 Å². The van der Waals surface area contributed by atoms with Crippen LogP contribution < -0.4 is 10.5 Å². The summed E-state index contributed by atoms with van der Waals surface area (Å²) in [6.07, 6.45) is 3.55. The van der Waals surface area contributed by atoms with Crippen molar-refractivity contribution in [2.24, 2.45) is 5.73 Å². The van der Waals surface area contributed by atoms with Crippen molar-refractivity contribution < 1.29 is 13.5 Å². The molecule has 0 amide bonds. The molecule has 17 heavy (non-hydrogen) atoms. The van der Waals surface area contributed by atoms with Gasteiger partial charge in [0.2, 0.25) is 0 Å². The molecule has 0 bridgehead atoms. The molecule has 0 aromatic heterocycles. The highest BCUT2D eigenvalue weighted by molar-refractivity contribution is 5.43. The fourth-order valence-corrected chi connectivity index (χ4v) is 2.73. The van der Waals surface area contributed by atoms with Gasteiger partial charge < -0.3 is 10.5 Å². The quantitative estimate of drug-likeness (QED) is 0.879. The number of nitrogens with two attached hydrogens (primary N) is 1. The van der Waals surface area contributed by atoms with Crippen molar-refractivity contribution in [3.8, 4) is 5.75 Å². The number of hydrogen-bond donors (Lipinski definition) is 1. The van der Waals surface area contributed by atoms with E-state index in [9.17, 15) is 8.78 Å². The third-order valence-corrected chi connectivity index (χ3v) is 3.70. The van der Waals surface area contributed by atoms with Gasteiger partial charge in [0.1, 0.15) is 17.4 Å². The average Bonchev–Trinajstić information content (AvgIpc) is 2.23. The minimum atomic E-state index is -0.606. The third kappa shape index (κ3) is 2.02. The summed E-state index contributed by atoms with van der Waals surface area (Å²) in [5.41, 5.74) is 5.84. The fraction of sp³-hybridized carbons (Fsp3) is 0.538. The minimum absolute atomic E-state index is 0.252. The highest BCUT2D eigenvalue weighted by Gasteiger charge is 2.42. The Balaban J connectivity index is 2.49. The van der Waals surface area contributed by atoms with Gasteiger partial charge in [0.15, 0.2) is 0 Å². The zero-order chi connectivity index (χ0) is 12.5. The van der Waals surface area contributed by atoms with Crippen LogP contribution in [0.25, 0.3) is 0 Å². The number of halogens is 2. The van der Waals surface area contributed by atoms with Gasteiger partial charge in [-0.05, 0) is 25.8 Å². The van der Waals surface area contributed by atoms with Crippen LogP contribution in [0.3, 0.4) is 0 Å². The van der Waals surface area contributed by atoms with E-state index in [1.54, 1.807) is 0 Å². The van der Waals surface area contributed by atoms with Crippen LogP contribution in [-0.4, -0.2) is 13.7 Å². The molecule has 0 saturated heterocycles. The van der Waals surface area contributed by atoms with Crippen LogP contribution in [0.15, 0.2) is 12.1 Å². The SMILES string of the molecule is COc1cc(F)cc(F)c1C1(CCN)CCC1. The van der Waals surface area contributed by atoms with Crippen LogP contribution in [0.2, 0.25) is 0 Å². The Hall–Kier alpha value is -1.16. The summed E-state index contributed by atoms with van der Waals surface area (Å²) in [5, 5.41) is 0. The molecule has 1 saturated carbocycles. The number of benzene rings is 1. The molecule has 2 N–H and O–H groups in total. The van der Waals surface area contributed by atoms with Gasteiger partial charge in [-0.3, -0.25) is 0 Å². The summed E-state index contributed by atoms with van der Waals surface area (Å²) in [7, 11) is 1.44. The van der Waals surface area contributed by atoms with Crippen LogP contribution in [0, 0.1) is 11.6 Å². The summed E-state index contributed by atoms with van der Waals surface area (Å²) in [6, 6.07) is 2.17. The van der Waals surface area contributed by atoms with Gasteiger partial charge in [0.05, 0.1) is 7.11 Å². The molecular weight excluding hydrogens is 224 g/mol. The van der Waals surface area contributed by atoms with E-state index in [2.05, 4.69) is 0 Å². The molecule has 1 fully saturated rings. The molecule has 1 aromatic carbocycles. The molecule has 1 aromatic rings. The second-order valence-corrected chi connectivity index (χ2v) is 4.64. The van der Waals surface area contributed by atoms with E-state index < -0.39 is 11.6 Å².